The topological polar surface area (TPSA) is 97.1 Å². The number of hydrogen-bond acceptors (Lipinski definition) is 5. The summed E-state index contributed by atoms with van der Waals surface area (Å²) in [5.74, 6) is 0.470. The summed E-state index contributed by atoms with van der Waals surface area (Å²) in [6.07, 6.45) is 6.45. The highest BCUT2D eigenvalue weighted by Crippen LogP contribution is 2.35. The van der Waals surface area contributed by atoms with E-state index in [4.69, 9.17) is 10.5 Å². The van der Waals surface area contributed by atoms with Crippen molar-refractivity contribution in [2.24, 2.45) is 0 Å². The number of nitrogen functional groups attached to an aromatic ring is 1. The lowest BCUT2D eigenvalue weighted by Gasteiger charge is -2.35. The van der Waals surface area contributed by atoms with Crippen LogP contribution in [0.3, 0.4) is 0 Å². The Morgan fingerprint density at radius 3 is 3.17 bits per heavy atom. The summed E-state index contributed by atoms with van der Waals surface area (Å²) < 4.78 is 5.01. The lowest BCUT2D eigenvalue weighted by atomic mass is 9.94. The van der Waals surface area contributed by atoms with E-state index in [0.717, 1.165) is 42.6 Å². The molecule has 7 nitrogen and oxygen atoms in total. The quantitative estimate of drug-likeness (QED) is 0.896. The van der Waals surface area contributed by atoms with Crippen LogP contribution in [0.5, 0.6) is 0 Å². The van der Waals surface area contributed by atoms with Crippen LogP contribution in [-0.2, 0) is 9.53 Å². The maximum atomic E-state index is 12.3. The monoisotopic (exact) mass is 315 g/mol. The summed E-state index contributed by atoms with van der Waals surface area (Å²) in [5, 5.41) is 7.26. The van der Waals surface area contributed by atoms with Crippen molar-refractivity contribution in [2.45, 2.75) is 25.3 Å². The van der Waals surface area contributed by atoms with Crippen molar-refractivity contribution in [2.75, 3.05) is 26.0 Å². The summed E-state index contributed by atoms with van der Waals surface area (Å²) >= 11 is 0. The molecule has 2 aromatic rings. The fourth-order valence-corrected chi connectivity index (χ4v) is 3.13. The fourth-order valence-electron chi connectivity index (χ4n) is 3.13. The molecule has 1 atom stereocenters. The number of anilines is 1. The van der Waals surface area contributed by atoms with Crippen molar-refractivity contribution >= 4 is 11.7 Å². The third kappa shape index (κ3) is 3.19. The van der Waals surface area contributed by atoms with Gasteiger partial charge in [0.1, 0.15) is 12.4 Å². The second-order valence-corrected chi connectivity index (χ2v) is 5.70. The first-order chi connectivity index (χ1) is 11.2. The molecule has 0 aliphatic carbocycles. The molecule has 1 amide bonds. The minimum absolute atomic E-state index is 0.00647. The number of carbonyl (C=O) groups is 1. The van der Waals surface area contributed by atoms with Crippen molar-refractivity contribution in [1.29, 1.82) is 0 Å². The van der Waals surface area contributed by atoms with E-state index >= 15 is 0 Å². The highest BCUT2D eigenvalue weighted by atomic mass is 16.5. The predicted octanol–water partition coefficient (Wildman–Crippen LogP) is 1.75. The van der Waals surface area contributed by atoms with Gasteiger partial charge in [0.25, 0.3) is 0 Å². The van der Waals surface area contributed by atoms with Gasteiger partial charge in [-0.1, -0.05) is 0 Å². The molecule has 2 aromatic heterocycles. The molecular weight excluding hydrogens is 294 g/mol. The van der Waals surface area contributed by atoms with Crippen LogP contribution >= 0.6 is 0 Å². The Morgan fingerprint density at radius 1 is 1.52 bits per heavy atom. The fraction of sp³-hybridized carbons (Fsp3) is 0.438. The van der Waals surface area contributed by atoms with Gasteiger partial charge in [0.15, 0.2) is 0 Å². The average molecular weight is 315 g/mol. The summed E-state index contributed by atoms with van der Waals surface area (Å²) in [4.78, 5) is 18.3. The number of rotatable bonds is 4. The summed E-state index contributed by atoms with van der Waals surface area (Å²) in [6, 6.07) is 3.70. The number of H-pyrrole nitrogens is 1. The standard InChI is InChI=1S/C16H21N5O2/c1-23-10-15(22)21-7-3-2-4-13(21)16-12(9-19-20-16)11-5-6-18-14(17)8-11/h5-6,8-9,13H,2-4,7,10H2,1H3,(H2,17,18)(H,19,20)/t13-/m0/s1. The van der Waals surface area contributed by atoms with Crippen molar-refractivity contribution in [3.05, 3.63) is 30.2 Å². The van der Waals surface area contributed by atoms with Gasteiger partial charge in [-0.2, -0.15) is 5.10 Å². The highest BCUT2D eigenvalue weighted by Gasteiger charge is 2.30. The summed E-state index contributed by atoms with van der Waals surface area (Å²) in [6.45, 7) is 0.839. The Labute approximate surface area is 134 Å². The number of hydrogen-bond donors (Lipinski definition) is 2. The molecule has 0 saturated carbocycles. The van der Waals surface area contributed by atoms with Crippen molar-refractivity contribution in [3.63, 3.8) is 0 Å². The summed E-state index contributed by atoms with van der Waals surface area (Å²) in [7, 11) is 1.54. The van der Waals surface area contributed by atoms with Gasteiger partial charge in [0, 0.05) is 25.4 Å². The van der Waals surface area contributed by atoms with E-state index < -0.39 is 0 Å². The van der Waals surface area contributed by atoms with E-state index in [9.17, 15) is 4.79 Å². The number of piperidine rings is 1. The van der Waals surface area contributed by atoms with E-state index in [2.05, 4.69) is 15.2 Å². The number of nitrogens with one attached hydrogen (secondary N) is 1. The highest BCUT2D eigenvalue weighted by molar-refractivity contribution is 5.78. The van der Waals surface area contributed by atoms with Crippen LogP contribution in [0, 0.1) is 0 Å². The first-order valence-electron chi connectivity index (χ1n) is 7.74. The molecule has 23 heavy (non-hydrogen) atoms. The van der Waals surface area contributed by atoms with Crippen LogP contribution in [-0.4, -0.2) is 46.2 Å². The SMILES string of the molecule is COCC(=O)N1CCCC[C@H]1c1[nH]ncc1-c1ccnc(N)c1. The van der Waals surface area contributed by atoms with E-state index in [0.29, 0.717) is 5.82 Å². The van der Waals surface area contributed by atoms with Crippen LogP contribution in [0.15, 0.2) is 24.5 Å². The summed E-state index contributed by atoms with van der Waals surface area (Å²) in [5.41, 5.74) is 8.64. The Morgan fingerprint density at radius 2 is 2.39 bits per heavy atom. The molecule has 3 N–H and O–H groups in total. The molecule has 3 rings (SSSR count). The third-order valence-electron chi connectivity index (χ3n) is 4.19. The molecule has 1 saturated heterocycles. The molecule has 0 unspecified atom stereocenters. The Bertz CT molecular complexity index is 685. The number of pyridine rings is 1. The smallest absolute Gasteiger partial charge is 0.249 e. The number of amides is 1. The number of nitrogens with two attached hydrogens (primary N) is 1. The average Bonchev–Trinajstić information content (AvgIpc) is 3.04. The number of likely N-dealkylation sites (tertiary alicyclic amines) is 1. The Hall–Kier alpha value is -2.41. The second-order valence-electron chi connectivity index (χ2n) is 5.70. The normalized spacial score (nSPS) is 18.1. The zero-order valence-corrected chi connectivity index (χ0v) is 13.2. The van der Waals surface area contributed by atoms with Crippen molar-refractivity contribution in [1.82, 2.24) is 20.1 Å². The van der Waals surface area contributed by atoms with Gasteiger partial charge in [-0.25, -0.2) is 4.98 Å². The number of aromatic amines is 1. The molecule has 1 aliphatic heterocycles. The molecule has 1 aliphatic rings. The minimum Gasteiger partial charge on any atom is -0.384 e. The number of methoxy groups -OCH3 is 1. The molecule has 122 valence electrons. The van der Waals surface area contributed by atoms with Gasteiger partial charge in [-0.15, -0.1) is 0 Å². The molecular formula is C16H21N5O2. The molecule has 0 radical (unpaired) electrons. The number of carbonyl (C=O) groups excluding carboxylic acids is 1. The third-order valence-corrected chi connectivity index (χ3v) is 4.19. The molecule has 3 heterocycles. The first kappa shape index (κ1) is 15.5. The number of aromatic nitrogens is 3. The van der Waals surface area contributed by atoms with Crippen molar-refractivity contribution < 1.29 is 9.53 Å². The number of ether oxygens (including phenoxy) is 1. The zero-order valence-electron chi connectivity index (χ0n) is 13.2. The van der Waals surface area contributed by atoms with Gasteiger partial charge >= 0.3 is 0 Å². The molecule has 0 spiro atoms. The molecule has 7 heteroatoms. The lowest BCUT2D eigenvalue weighted by molar-refractivity contribution is -0.139. The van der Waals surface area contributed by atoms with Crippen LogP contribution in [0.1, 0.15) is 31.0 Å². The lowest BCUT2D eigenvalue weighted by Crippen LogP contribution is -2.40. The van der Waals surface area contributed by atoms with Gasteiger partial charge in [-0.3, -0.25) is 9.89 Å². The predicted molar refractivity (Wildman–Crippen MR) is 86.4 cm³/mol. The van der Waals surface area contributed by atoms with Crippen LogP contribution in [0.25, 0.3) is 11.1 Å². The minimum atomic E-state index is -0.0155. The molecule has 0 aromatic carbocycles. The molecule has 0 bridgehead atoms. The number of nitrogens with zero attached hydrogens (tertiary/aromatic N) is 3. The van der Waals surface area contributed by atoms with Crippen LogP contribution in [0.4, 0.5) is 5.82 Å². The van der Waals surface area contributed by atoms with Gasteiger partial charge in [0.2, 0.25) is 5.91 Å². The molecule has 1 fully saturated rings. The first-order valence-corrected chi connectivity index (χ1v) is 7.74. The van der Waals surface area contributed by atoms with Crippen LogP contribution in [0.2, 0.25) is 0 Å². The van der Waals surface area contributed by atoms with Crippen LogP contribution < -0.4 is 5.73 Å². The zero-order chi connectivity index (χ0) is 16.2. The Kier molecular flexibility index (Phi) is 4.57. The van der Waals surface area contributed by atoms with Gasteiger partial charge < -0.3 is 15.4 Å². The van der Waals surface area contributed by atoms with E-state index in [1.165, 1.54) is 7.11 Å². The largest absolute Gasteiger partial charge is 0.384 e. The van der Waals surface area contributed by atoms with Gasteiger partial charge in [-0.05, 0) is 37.0 Å². The van der Waals surface area contributed by atoms with E-state index in [1.54, 1.807) is 12.4 Å². The van der Waals surface area contributed by atoms with Gasteiger partial charge in [0.05, 0.1) is 17.9 Å². The maximum absolute atomic E-state index is 12.3. The second kappa shape index (κ2) is 6.78. The maximum Gasteiger partial charge on any atom is 0.249 e. The van der Waals surface area contributed by atoms with E-state index in [-0.39, 0.29) is 18.6 Å². The van der Waals surface area contributed by atoms with Crippen molar-refractivity contribution in [3.8, 4) is 11.1 Å². The van der Waals surface area contributed by atoms with E-state index in [1.807, 2.05) is 17.0 Å². The Balaban J connectivity index is 1.94.